The Morgan fingerprint density at radius 3 is 2.32 bits per heavy atom. The molecule has 0 saturated heterocycles. The van der Waals surface area contributed by atoms with Gasteiger partial charge in [0.25, 0.3) is 0 Å². The Bertz CT molecular complexity index is 821. The lowest BCUT2D eigenvalue weighted by molar-refractivity contribution is 0.0687. The number of nitrogens with zero attached hydrogens (tertiary/aromatic N) is 2. The highest BCUT2D eigenvalue weighted by Gasteiger charge is 2.16. The van der Waals surface area contributed by atoms with Crippen molar-refractivity contribution in [1.82, 2.24) is 9.78 Å². The average Bonchev–Trinajstić information content (AvgIpc) is 2.94. The van der Waals surface area contributed by atoms with Crippen molar-refractivity contribution in [3.63, 3.8) is 0 Å². The number of aromatic nitrogens is 2. The number of rotatable bonds is 3. The van der Waals surface area contributed by atoms with E-state index in [2.05, 4.69) is 21.0 Å². The Labute approximate surface area is 136 Å². The monoisotopic (exact) mass is 356 g/mol. The molecule has 3 rings (SSSR count). The molecule has 0 aliphatic carbocycles. The van der Waals surface area contributed by atoms with Crippen LogP contribution in [0.1, 0.15) is 16.1 Å². The van der Waals surface area contributed by atoms with Crippen LogP contribution in [0.15, 0.2) is 59.1 Å². The molecule has 0 amide bonds. The highest BCUT2D eigenvalue weighted by molar-refractivity contribution is 9.10. The molecule has 1 N–H and O–H groups in total. The zero-order valence-electron chi connectivity index (χ0n) is 11.8. The fraction of sp³-hybridized carbons (Fsp3) is 0.0588. The van der Waals surface area contributed by atoms with E-state index in [0.29, 0.717) is 5.69 Å². The maximum Gasteiger partial charge on any atom is 0.354 e. The first-order chi connectivity index (χ1) is 10.5. The SMILES string of the molecule is Cc1ccc(-n2nc(-c3ccc(Br)cc3)cc2C(=O)O)cc1. The third kappa shape index (κ3) is 2.80. The Morgan fingerprint density at radius 2 is 1.73 bits per heavy atom. The maximum atomic E-state index is 11.5. The number of hydrogen-bond donors (Lipinski definition) is 1. The van der Waals surface area contributed by atoms with E-state index in [1.807, 2.05) is 55.5 Å². The van der Waals surface area contributed by atoms with Crippen LogP contribution in [0, 0.1) is 6.92 Å². The molecule has 0 fully saturated rings. The van der Waals surface area contributed by atoms with E-state index in [4.69, 9.17) is 0 Å². The van der Waals surface area contributed by atoms with Crippen LogP contribution in [0.5, 0.6) is 0 Å². The van der Waals surface area contributed by atoms with Crippen molar-refractivity contribution in [2.45, 2.75) is 6.92 Å². The number of carboxylic acids is 1. The highest BCUT2D eigenvalue weighted by Crippen LogP contribution is 2.23. The van der Waals surface area contributed by atoms with E-state index in [1.165, 1.54) is 4.68 Å². The lowest BCUT2D eigenvalue weighted by Gasteiger charge is -2.04. The van der Waals surface area contributed by atoms with Crippen LogP contribution in [-0.4, -0.2) is 20.9 Å². The standard InChI is InChI=1S/C17H13BrN2O2/c1-11-2-8-14(9-3-11)20-16(17(21)22)10-15(19-20)12-4-6-13(18)7-5-12/h2-10H,1H3,(H,21,22). The zero-order chi connectivity index (χ0) is 15.7. The van der Waals surface area contributed by atoms with E-state index in [0.717, 1.165) is 21.3 Å². The molecule has 3 aromatic rings. The molecule has 0 radical (unpaired) electrons. The first-order valence-electron chi connectivity index (χ1n) is 6.71. The molecular weight excluding hydrogens is 344 g/mol. The number of aromatic carboxylic acids is 1. The molecule has 22 heavy (non-hydrogen) atoms. The van der Waals surface area contributed by atoms with Gasteiger partial charge in [0.2, 0.25) is 0 Å². The summed E-state index contributed by atoms with van der Waals surface area (Å²) in [5.41, 5.74) is 3.48. The van der Waals surface area contributed by atoms with Gasteiger partial charge < -0.3 is 5.11 Å². The first kappa shape index (κ1) is 14.5. The Kier molecular flexibility index (Phi) is 3.81. The third-order valence-electron chi connectivity index (χ3n) is 3.35. The second kappa shape index (κ2) is 5.77. The summed E-state index contributed by atoms with van der Waals surface area (Å²) in [7, 11) is 0. The summed E-state index contributed by atoms with van der Waals surface area (Å²) in [6.45, 7) is 1.98. The van der Waals surface area contributed by atoms with Gasteiger partial charge in [0.15, 0.2) is 5.69 Å². The van der Waals surface area contributed by atoms with Crippen LogP contribution in [0.2, 0.25) is 0 Å². The molecule has 4 nitrogen and oxygen atoms in total. The topological polar surface area (TPSA) is 55.1 Å². The van der Waals surface area contributed by atoms with Crippen LogP contribution >= 0.6 is 15.9 Å². The number of carboxylic acid groups (broad SMARTS) is 1. The molecule has 0 atom stereocenters. The lowest BCUT2D eigenvalue weighted by Crippen LogP contribution is -2.07. The van der Waals surface area contributed by atoms with Gasteiger partial charge in [0, 0.05) is 10.0 Å². The largest absolute Gasteiger partial charge is 0.477 e. The molecule has 0 saturated carbocycles. The number of aryl methyl sites for hydroxylation is 1. The van der Waals surface area contributed by atoms with Gasteiger partial charge in [0.1, 0.15) is 0 Å². The predicted molar refractivity (Wildman–Crippen MR) is 88.4 cm³/mol. The Hall–Kier alpha value is -2.40. The summed E-state index contributed by atoms with van der Waals surface area (Å²) >= 11 is 3.38. The smallest absolute Gasteiger partial charge is 0.354 e. The average molecular weight is 357 g/mol. The van der Waals surface area contributed by atoms with Crippen LogP contribution < -0.4 is 0 Å². The van der Waals surface area contributed by atoms with E-state index in [9.17, 15) is 9.90 Å². The fourth-order valence-electron chi connectivity index (χ4n) is 2.18. The van der Waals surface area contributed by atoms with Crippen LogP contribution in [-0.2, 0) is 0 Å². The van der Waals surface area contributed by atoms with Gasteiger partial charge in [-0.1, -0.05) is 45.8 Å². The van der Waals surface area contributed by atoms with Crippen LogP contribution in [0.4, 0.5) is 0 Å². The van der Waals surface area contributed by atoms with Gasteiger partial charge >= 0.3 is 5.97 Å². The molecular formula is C17H13BrN2O2. The van der Waals surface area contributed by atoms with E-state index in [1.54, 1.807) is 6.07 Å². The Balaban J connectivity index is 2.11. The molecule has 110 valence electrons. The molecule has 0 spiro atoms. The second-order valence-electron chi connectivity index (χ2n) is 4.97. The van der Waals surface area contributed by atoms with Crippen LogP contribution in [0.3, 0.4) is 0 Å². The number of carbonyl (C=O) groups is 1. The van der Waals surface area contributed by atoms with Crippen molar-refractivity contribution in [3.8, 4) is 16.9 Å². The molecule has 2 aromatic carbocycles. The van der Waals surface area contributed by atoms with Gasteiger partial charge in [-0.15, -0.1) is 0 Å². The van der Waals surface area contributed by atoms with E-state index >= 15 is 0 Å². The normalized spacial score (nSPS) is 10.6. The predicted octanol–water partition coefficient (Wildman–Crippen LogP) is 4.31. The lowest BCUT2D eigenvalue weighted by atomic mass is 10.1. The van der Waals surface area contributed by atoms with Crippen molar-refractivity contribution in [2.75, 3.05) is 0 Å². The first-order valence-corrected chi connectivity index (χ1v) is 7.50. The van der Waals surface area contributed by atoms with E-state index < -0.39 is 5.97 Å². The summed E-state index contributed by atoms with van der Waals surface area (Å²) in [6.07, 6.45) is 0. The minimum atomic E-state index is -1.00. The van der Waals surface area contributed by atoms with Gasteiger partial charge in [0.05, 0.1) is 11.4 Å². The molecule has 0 aliphatic rings. The molecule has 0 aliphatic heterocycles. The van der Waals surface area contributed by atoms with E-state index in [-0.39, 0.29) is 5.69 Å². The minimum Gasteiger partial charge on any atom is -0.477 e. The summed E-state index contributed by atoms with van der Waals surface area (Å²) in [5, 5.41) is 13.9. The molecule has 0 bridgehead atoms. The zero-order valence-corrected chi connectivity index (χ0v) is 13.4. The fourth-order valence-corrected chi connectivity index (χ4v) is 2.44. The van der Waals surface area contributed by atoms with Crippen molar-refractivity contribution >= 4 is 21.9 Å². The molecule has 1 aromatic heterocycles. The summed E-state index contributed by atoms with van der Waals surface area (Å²) in [4.78, 5) is 11.5. The van der Waals surface area contributed by atoms with Gasteiger partial charge in [-0.3, -0.25) is 0 Å². The van der Waals surface area contributed by atoms with Crippen molar-refractivity contribution in [2.24, 2.45) is 0 Å². The van der Waals surface area contributed by atoms with Gasteiger partial charge in [-0.25, -0.2) is 9.48 Å². The summed E-state index contributed by atoms with van der Waals surface area (Å²) in [6, 6.07) is 16.8. The molecule has 1 heterocycles. The summed E-state index contributed by atoms with van der Waals surface area (Å²) < 4.78 is 2.42. The maximum absolute atomic E-state index is 11.5. The van der Waals surface area contributed by atoms with Crippen molar-refractivity contribution in [3.05, 3.63) is 70.3 Å². The quantitative estimate of drug-likeness (QED) is 0.760. The van der Waals surface area contributed by atoms with Crippen molar-refractivity contribution in [1.29, 1.82) is 0 Å². The number of hydrogen-bond acceptors (Lipinski definition) is 2. The number of halogens is 1. The third-order valence-corrected chi connectivity index (χ3v) is 3.88. The molecule has 0 unspecified atom stereocenters. The summed E-state index contributed by atoms with van der Waals surface area (Å²) in [5.74, 6) is -1.00. The highest BCUT2D eigenvalue weighted by atomic mass is 79.9. The van der Waals surface area contributed by atoms with Gasteiger partial charge in [-0.05, 0) is 37.3 Å². The van der Waals surface area contributed by atoms with Crippen LogP contribution in [0.25, 0.3) is 16.9 Å². The molecule has 5 heteroatoms. The second-order valence-corrected chi connectivity index (χ2v) is 5.89. The minimum absolute atomic E-state index is 0.141. The van der Waals surface area contributed by atoms with Crippen molar-refractivity contribution < 1.29 is 9.90 Å². The number of benzene rings is 2. The Morgan fingerprint density at radius 1 is 1.09 bits per heavy atom. The van der Waals surface area contributed by atoms with Gasteiger partial charge in [-0.2, -0.15) is 5.10 Å².